The molecule has 0 spiro atoms. The van der Waals surface area contributed by atoms with Gasteiger partial charge in [0.2, 0.25) is 5.91 Å². The fourth-order valence-electron chi connectivity index (χ4n) is 5.11. The maximum Gasteiger partial charge on any atom is 0.243 e. The van der Waals surface area contributed by atoms with Crippen molar-refractivity contribution >= 4 is 11.6 Å². The predicted octanol–water partition coefficient (Wildman–Crippen LogP) is 3.50. The number of hydrogen-bond acceptors (Lipinski definition) is 3. The van der Waals surface area contributed by atoms with E-state index in [1.165, 1.54) is 25.7 Å². The van der Waals surface area contributed by atoms with E-state index < -0.39 is 0 Å². The summed E-state index contributed by atoms with van der Waals surface area (Å²) in [4.78, 5) is 18.3. The highest BCUT2D eigenvalue weighted by Gasteiger charge is 2.49. The topological polar surface area (TPSA) is 35.6 Å². The molecule has 4 nitrogen and oxygen atoms in total. The Morgan fingerprint density at radius 2 is 1.68 bits per heavy atom. The molecule has 1 N–H and O–H groups in total. The molecular weight excluding hydrogens is 310 g/mol. The van der Waals surface area contributed by atoms with Crippen LogP contribution < -0.4 is 5.32 Å². The molecule has 4 heteroatoms. The highest BCUT2D eigenvalue weighted by atomic mass is 16.2. The van der Waals surface area contributed by atoms with Crippen LogP contribution in [0.15, 0.2) is 30.3 Å². The predicted molar refractivity (Wildman–Crippen MR) is 102 cm³/mol. The number of para-hydroxylation sites is 1. The fraction of sp³-hybridized carbons (Fsp3) is 0.667. The smallest absolute Gasteiger partial charge is 0.243 e. The summed E-state index contributed by atoms with van der Waals surface area (Å²) in [6, 6.07) is 10.8. The Hall–Kier alpha value is -1.55. The number of benzene rings is 1. The van der Waals surface area contributed by atoms with Crippen molar-refractivity contribution in [1.29, 1.82) is 0 Å². The van der Waals surface area contributed by atoms with E-state index >= 15 is 0 Å². The van der Waals surface area contributed by atoms with Crippen molar-refractivity contribution in [2.24, 2.45) is 0 Å². The highest BCUT2D eigenvalue weighted by molar-refractivity contribution is 5.87. The maximum atomic E-state index is 13.6. The van der Waals surface area contributed by atoms with Crippen LogP contribution in [-0.2, 0) is 4.79 Å². The van der Waals surface area contributed by atoms with E-state index in [4.69, 9.17) is 0 Å². The lowest BCUT2D eigenvalue weighted by Gasteiger charge is -2.43. The molecule has 25 heavy (non-hydrogen) atoms. The third kappa shape index (κ3) is 3.41. The molecule has 3 aliphatic rings. The molecule has 1 saturated carbocycles. The van der Waals surface area contributed by atoms with E-state index in [9.17, 15) is 4.79 Å². The van der Waals surface area contributed by atoms with E-state index in [1.54, 1.807) is 0 Å². The van der Waals surface area contributed by atoms with Crippen LogP contribution in [0.4, 0.5) is 5.69 Å². The Morgan fingerprint density at radius 3 is 2.40 bits per heavy atom. The number of piperidine rings is 1. The van der Waals surface area contributed by atoms with Gasteiger partial charge in [-0.3, -0.25) is 9.69 Å². The van der Waals surface area contributed by atoms with Gasteiger partial charge in [-0.15, -0.1) is 0 Å². The first-order valence-corrected chi connectivity index (χ1v) is 10.1. The van der Waals surface area contributed by atoms with Gasteiger partial charge in [-0.25, -0.2) is 0 Å². The lowest BCUT2D eigenvalue weighted by atomic mass is 9.91. The number of nitrogens with one attached hydrogen (secondary N) is 1. The van der Waals surface area contributed by atoms with Crippen molar-refractivity contribution in [3.63, 3.8) is 0 Å². The quantitative estimate of drug-likeness (QED) is 0.910. The summed E-state index contributed by atoms with van der Waals surface area (Å²) in [5.41, 5.74) is 0.988. The van der Waals surface area contributed by atoms with E-state index in [2.05, 4.69) is 39.4 Å². The number of hydrogen-bond donors (Lipinski definition) is 1. The van der Waals surface area contributed by atoms with Gasteiger partial charge in [0, 0.05) is 24.8 Å². The van der Waals surface area contributed by atoms with Crippen LogP contribution in [0.5, 0.6) is 0 Å². The zero-order valence-corrected chi connectivity index (χ0v) is 15.3. The van der Waals surface area contributed by atoms with Gasteiger partial charge in [0.1, 0.15) is 5.54 Å². The summed E-state index contributed by atoms with van der Waals surface area (Å²) in [5, 5.41) is 3.63. The largest absolute Gasteiger partial charge is 0.381 e. The first-order chi connectivity index (χ1) is 12.3. The number of likely N-dealkylation sites (tertiary alicyclic amines) is 2. The van der Waals surface area contributed by atoms with Gasteiger partial charge in [-0.1, -0.05) is 31.0 Å². The van der Waals surface area contributed by atoms with Crippen LogP contribution >= 0.6 is 0 Å². The van der Waals surface area contributed by atoms with E-state index in [0.717, 1.165) is 57.5 Å². The van der Waals surface area contributed by atoms with Gasteiger partial charge in [0.15, 0.2) is 0 Å². The lowest BCUT2D eigenvalue weighted by Crippen LogP contribution is -2.59. The van der Waals surface area contributed by atoms with E-state index in [0.29, 0.717) is 11.9 Å². The normalized spacial score (nSPS) is 26.7. The summed E-state index contributed by atoms with van der Waals surface area (Å²) < 4.78 is 0. The van der Waals surface area contributed by atoms with Gasteiger partial charge < -0.3 is 10.2 Å². The first-order valence-electron chi connectivity index (χ1n) is 10.1. The number of nitrogens with zero attached hydrogens (tertiary/aromatic N) is 2. The third-order valence-corrected chi connectivity index (χ3v) is 6.39. The lowest BCUT2D eigenvalue weighted by molar-refractivity contribution is -0.145. The second kappa shape index (κ2) is 7.36. The highest BCUT2D eigenvalue weighted by Crippen LogP contribution is 2.39. The number of carbonyl (C=O) groups is 1. The van der Waals surface area contributed by atoms with Crippen LogP contribution in [0, 0.1) is 0 Å². The minimum absolute atomic E-state index is 0.175. The average molecular weight is 341 g/mol. The molecule has 2 heterocycles. The van der Waals surface area contributed by atoms with E-state index in [1.807, 2.05) is 6.07 Å². The summed E-state index contributed by atoms with van der Waals surface area (Å²) in [7, 11) is 0. The molecule has 1 aliphatic carbocycles. The molecule has 136 valence electrons. The first kappa shape index (κ1) is 16.9. The molecule has 0 unspecified atom stereocenters. The van der Waals surface area contributed by atoms with Crippen molar-refractivity contribution < 1.29 is 4.79 Å². The summed E-state index contributed by atoms with van der Waals surface area (Å²) >= 11 is 0. The SMILES string of the molecule is O=C(N1CCC[C@@H](Nc2ccccc2)C1)C1(N2CCCC2)CCCC1. The minimum Gasteiger partial charge on any atom is -0.381 e. The van der Waals surface area contributed by atoms with Crippen molar-refractivity contribution in [3.8, 4) is 0 Å². The zero-order valence-electron chi connectivity index (χ0n) is 15.3. The molecule has 0 radical (unpaired) electrons. The van der Waals surface area contributed by atoms with Gasteiger partial charge in [0.25, 0.3) is 0 Å². The summed E-state index contributed by atoms with van der Waals surface area (Å²) in [6.07, 6.45) is 9.32. The molecule has 1 aromatic rings. The Balaban J connectivity index is 1.45. The number of amides is 1. The van der Waals surface area contributed by atoms with Crippen LogP contribution in [-0.4, -0.2) is 53.5 Å². The molecule has 2 aliphatic heterocycles. The van der Waals surface area contributed by atoms with Gasteiger partial charge in [-0.2, -0.15) is 0 Å². The van der Waals surface area contributed by atoms with E-state index in [-0.39, 0.29) is 5.54 Å². The Morgan fingerprint density at radius 1 is 0.960 bits per heavy atom. The molecule has 1 amide bonds. The van der Waals surface area contributed by atoms with Gasteiger partial charge >= 0.3 is 0 Å². The van der Waals surface area contributed by atoms with Crippen LogP contribution in [0.25, 0.3) is 0 Å². The van der Waals surface area contributed by atoms with Crippen LogP contribution in [0.3, 0.4) is 0 Å². The van der Waals surface area contributed by atoms with Crippen LogP contribution in [0.2, 0.25) is 0 Å². The Labute approximate surface area is 151 Å². The molecular formula is C21H31N3O. The van der Waals surface area contributed by atoms with Gasteiger partial charge in [0.05, 0.1) is 0 Å². The molecule has 4 rings (SSSR count). The second-order valence-electron chi connectivity index (χ2n) is 8.03. The maximum absolute atomic E-state index is 13.6. The molecule has 1 aromatic carbocycles. The molecule has 1 atom stereocenters. The number of anilines is 1. The van der Waals surface area contributed by atoms with Crippen molar-refractivity contribution in [1.82, 2.24) is 9.80 Å². The molecule has 2 saturated heterocycles. The van der Waals surface area contributed by atoms with Crippen molar-refractivity contribution in [2.45, 2.75) is 62.9 Å². The number of carbonyl (C=O) groups excluding carboxylic acids is 1. The second-order valence-corrected chi connectivity index (χ2v) is 8.03. The van der Waals surface area contributed by atoms with Crippen molar-refractivity contribution in [3.05, 3.63) is 30.3 Å². The number of rotatable bonds is 4. The molecule has 0 bridgehead atoms. The average Bonchev–Trinajstić information content (AvgIpc) is 3.34. The monoisotopic (exact) mass is 341 g/mol. The zero-order chi connectivity index (χ0) is 17.1. The molecule has 0 aromatic heterocycles. The standard InChI is InChI=1S/C21H31N3O/c25-20(21(12-4-5-13-21)24-15-6-7-16-24)23-14-8-11-19(17-23)22-18-9-2-1-3-10-18/h1-3,9-10,19,22H,4-8,11-17H2/t19-/m1/s1. The fourth-order valence-corrected chi connectivity index (χ4v) is 5.11. The third-order valence-electron chi connectivity index (χ3n) is 6.39. The van der Waals surface area contributed by atoms with Gasteiger partial charge in [-0.05, 0) is 63.7 Å². The molecule has 3 fully saturated rings. The summed E-state index contributed by atoms with van der Waals surface area (Å²) in [6.45, 7) is 4.02. The van der Waals surface area contributed by atoms with Crippen LogP contribution in [0.1, 0.15) is 51.4 Å². The Bertz CT molecular complexity index is 576. The Kier molecular flexibility index (Phi) is 4.98. The minimum atomic E-state index is -0.175. The summed E-state index contributed by atoms with van der Waals surface area (Å²) in [5.74, 6) is 0.423. The van der Waals surface area contributed by atoms with Crippen molar-refractivity contribution in [2.75, 3.05) is 31.5 Å².